The number of thiophene rings is 1. The molecule has 0 bridgehead atoms. The summed E-state index contributed by atoms with van der Waals surface area (Å²) in [6, 6.07) is 11.9. The standard InChI is InChI=1S/C23H30N6S/c1-17-9-10-18(2)20(16-17)27-11-13-28(14-12-27)22(21-8-5-15-30-21)23-24-25-26-29(23)19-6-3-4-7-19/h5,8-10,15-16,19,22H,3-4,6-7,11-14H2,1-2H3/p+1/t22-/m1/s1. The van der Waals surface area contributed by atoms with E-state index in [0.717, 1.165) is 32.0 Å². The zero-order valence-electron chi connectivity index (χ0n) is 17.9. The number of hydrogen-bond acceptors (Lipinski definition) is 5. The van der Waals surface area contributed by atoms with Gasteiger partial charge in [0.25, 0.3) is 0 Å². The number of nitrogens with zero attached hydrogens (tertiary/aromatic N) is 5. The van der Waals surface area contributed by atoms with Crippen LogP contribution in [0.5, 0.6) is 0 Å². The molecule has 1 N–H and O–H groups in total. The van der Waals surface area contributed by atoms with Crippen molar-refractivity contribution in [3.05, 3.63) is 57.5 Å². The Hall–Kier alpha value is -2.25. The van der Waals surface area contributed by atoms with E-state index in [9.17, 15) is 0 Å². The molecule has 1 aromatic carbocycles. The highest BCUT2D eigenvalue weighted by atomic mass is 32.1. The number of benzene rings is 1. The first kappa shape index (κ1) is 19.7. The molecule has 1 saturated carbocycles. The summed E-state index contributed by atoms with van der Waals surface area (Å²) in [6.45, 7) is 8.71. The van der Waals surface area contributed by atoms with Crippen LogP contribution in [-0.4, -0.2) is 46.4 Å². The summed E-state index contributed by atoms with van der Waals surface area (Å²) in [6.07, 6.45) is 4.97. The van der Waals surface area contributed by atoms with E-state index in [-0.39, 0.29) is 6.04 Å². The highest BCUT2D eigenvalue weighted by Gasteiger charge is 2.36. The molecule has 1 aliphatic heterocycles. The van der Waals surface area contributed by atoms with Gasteiger partial charge >= 0.3 is 0 Å². The van der Waals surface area contributed by atoms with Crippen LogP contribution in [0.25, 0.3) is 0 Å². The molecular weight excluding hydrogens is 392 g/mol. The highest BCUT2D eigenvalue weighted by Crippen LogP contribution is 2.32. The fourth-order valence-electron chi connectivity index (χ4n) is 5.15. The third-order valence-corrected chi connectivity index (χ3v) is 7.73. The van der Waals surface area contributed by atoms with Crippen molar-refractivity contribution in [2.24, 2.45) is 0 Å². The van der Waals surface area contributed by atoms with Gasteiger partial charge in [0.1, 0.15) is 0 Å². The minimum atomic E-state index is 0.223. The average Bonchev–Trinajstić information content (AvgIpc) is 3.53. The average molecular weight is 424 g/mol. The minimum absolute atomic E-state index is 0.223. The smallest absolute Gasteiger partial charge is 0.215 e. The summed E-state index contributed by atoms with van der Waals surface area (Å²) in [4.78, 5) is 5.50. The molecule has 2 aromatic heterocycles. The lowest BCUT2D eigenvalue weighted by molar-refractivity contribution is -0.926. The van der Waals surface area contributed by atoms with Crippen LogP contribution in [-0.2, 0) is 0 Å². The van der Waals surface area contributed by atoms with Gasteiger partial charge in [-0.2, -0.15) is 0 Å². The Bertz CT molecular complexity index is 968. The van der Waals surface area contributed by atoms with Gasteiger partial charge in [0, 0.05) is 5.69 Å². The van der Waals surface area contributed by atoms with Gasteiger partial charge < -0.3 is 9.80 Å². The second kappa shape index (κ2) is 8.47. The molecule has 3 heterocycles. The van der Waals surface area contributed by atoms with Crippen molar-refractivity contribution in [3.63, 3.8) is 0 Å². The van der Waals surface area contributed by atoms with E-state index in [1.54, 1.807) is 4.90 Å². The molecule has 0 spiro atoms. The summed E-state index contributed by atoms with van der Waals surface area (Å²) in [7, 11) is 0. The Morgan fingerprint density at radius 3 is 2.63 bits per heavy atom. The van der Waals surface area contributed by atoms with Crippen LogP contribution >= 0.6 is 11.3 Å². The molecule has 3 aromatic rings. The summed E-state index contributed by atoms with van der Waals surface area (Å²) in [5.41, 5.74) is 4.08. The topological polar surface area (TPSA) is 51.3 Å². The molecule has 5 rings (SSSR count). The molecule has 6 nitrogen and oxygen atoms in total. The minimum Gasteiger partial charge on any atom is -0.360 e. The SMILES string of the molecule is Cc1ccc(C)c(N2CC[NH+]([C@H](c3cccs3)c3nnnn3C3CCCC3)CC2)c1. The quantitative estimate of drug-likeness (QED) is 0.686. The molecule has 1 aliphatic carbocycles. The van der Waals surface area contributed by atoms with Crippen molar-refractivity contribution in [3.8, 4) is 0 Å². The van der Waals surface area contributed by atoms with Gasteiger partial charge in [-0.3, -0.25) is 0 Å². The van der Waals surface area contributed by atoms with Crippen molar-refractivity contribution in [2.75, 3.05) is 31.1 Å². The Kier molecular flexibility index (Phi) is 5.56. The predicted octanol–water partition coefficient (Wildman–Crippen LogP) is 2.96. The molecule has 1 atom stereocenters. The molecule has 2 aliphatic rings. The number of tetrazole rings is 1. The van der Waals surface area contributed by atoms with E-state index in [1.165, 1.54) is 47.4 Å². The zero-order chi connectivity index (χ0) is 20.5. The normalized spacial score (nSPS) is 19.5. The number of piperazine rings is 1. The van der Waals surface area contributed by atoms with Gasteiger partial charge in [0.15, 0.2) is 6.04 Å². The lowest BCUT2D eigenvalue weighted by Crippen LogP contribution is -3.15. The van der Waals surface area contributed by atoms with Crippen LogP contribution in [0, 0.1) is 13.8 Å². The number of anilines is 1. The third kappa shape index (κ3) is 3.76. The van der Waals surface area contributed by atoms with Crippen molar-refractivity contribution in [2.45, 2.75) is 51.6 Å². The first-order chi connectivity index (χ1) is 14.7. The Balaban J connectivity index is 1.40. The summed E-state index contributed by atoms with van der Waals surface area (Å²) >= 11 is 1.83. The molecule has 7 heteroatoms. The summed E-state index contributed by atoms with van der Waals surface area (Å²) < 4.78 is 2.15. The Morgan fingerprint density at radius 1 is 1.10 bits per heavy atom. The van der Waals surface area contributed by atoms with Crippen molar-refractivity contribution in [1.82, 2.24) is 20.2 Å². The van der Waals surface area contributed by atoms with Crippen molar-refractivity contribution < 1.29 is 4.90 Å². The summed E-state index contributed by atoms with van der Waals surface area (Å²) in [5, 5.41) is 15.3. The molecule has 0 amide bonds. The maximum absolute atomic E-state index is 4.57. The number of aryl methyl sites for hydroxylation is 2. The lowest BCUT2D eigenvalue weighted by atomic mass is 10.1. The van der Waals surface area contributed by atoms with Gasteiger partial charge in [0.2, 0.25) is 5.82 Å². The fraction of sp³-hybridized carbons (Fsp3) is 0.522. The highest BCUT2D eigenvalue weighted by molar-refractivity contribution is 7.10. The van der Waals surface area contributed by atoms with E-state index < -0.39 is 0 Å². The van der Waals surface area contributed by atoms with Gasteiger partial charge in [-0.25, -0.2) is 4.68 Å². The van der Waals surface area contributed by atoms with E-state index in [0.29, 0.717) is 6.04 Å². The summed E-state index contributed by atoms with van der Waals surface area (Å²) in [5.74, 6) is 1.06. The number of quaternary nitrogens is 1. The van der Waals surface area contributed by atoms with Crippen LogP contribution in [0.3, 0.4) is 0 Å². The second-order valence-corrected chi connectivity index (χ2v) is 9.78. The van der Waals surface area contributed by atoms with Crippen LogP contribution in [0.4, 0.5) is 5.69 Å². The monoisotopic (exact) mass is 423 g/mol. The molecule has 0 radical (unpaired) electrons. The van der Waals surface area contributed by atoms with Gasteiger partial charge in [-0.1, -0.05) is 31.0 Å². The first-order valence-corrected chi connectivity index (χ1v) is 12.1. The molecule has 30 heavy (non-hydrogen) atoms. The third-order valence-electron chi connectivity index (χ3n) is 6.79. The van der Waals surface area contributed by atoms with Crippen LogP contribution in [0.15, 0.2) is 35.7 Å². The Morgan fingerprint density at radius 2 is 1.90 bits per heavy atom. The second-order valence-electron chi connectivity index (χ2n) is 8.80. The maximum Gasteiger partial charge on any atom is 0.215 e. The van der Waals surface area contributed by atoms with Crippen LogP contribution in [0.2, 0.25) is 0 Å². The van der Waals surface area contributed by atoms with Crippen LogP contribution in [0.1, 0.15) is 59.6 Å². The Labute approximate surface area is 182 Å². The van der Waals surface area contributed by atoms with E-state index in [1.807, 2.05) is 11.3 Å². The van der Waals surface area contributed by atoms with E-state index in [2.05, 4.69) is 74.7 Å². The maximum atomic E-state index is 4.57. The van der Waals surface area contributed by atoms with E-state index >= 15 is 0 Å². The lowest BCUT2D eigenvalue weighted by Gasteiger charge is -2.37. The number of nitrogens with one attached hydrogen (secondary N) is 1. The molecular formula is C23H31N6S+. The zero-order valence-corrected chi connectivity index (χ0v) is 18.7. The van der Waals surface area contributed by atoms with Crippen LogP contribution < -0.4 is 9.80 Å². The predicted molar refractivity (Wildman–Crippen MR) is 120 cm³/mol. The molecule has 0 unspecified atom stereocenters. The number of hydrogen-bond donors (Lipinski definition) is 1. The number of aromatic nitrogens is 4. The largest absolute Gasteiger partial charge is 0.360 e. The molecule has 158 valence electrons. The number of rotatable bonds is 5. The van der Waals surface area contributed by atoms with Crippen molar-refractivity contribution >= 4 is 17.0 Å². The molecule has 1 saturated heterocycles. The first-order valence-electron chi connectivity index (χ1n) is 11.2. The van der Waals surface area contributed by atoms with Gasteiger partial charge in [0.05, 0.1) is 37.1 Å². The fourth-order valence-corrected chi connectivity index (χ4v) is 6.03. The van der Waals surface area contributed by atoms with Gasteiger partial charge in [-0.05, 0) is 65.8 Å². The van der Waals surface area contributed by atoms with Gasteiger partial charge in [-0.15, -0.1) is 16.4 Å². The van der Waals surface area contributed by atoms with Crippen molar-refractivity contribution in [1.29, 1.82) is 0 Å². The molecule has 2 fully saturated rings. The van der Waals surface area contributed by atoms with E-state index in [4.69, 9.17) is 0 Å².